The third-order valence-electron chi connectivity index (χ3n) is 1.48. The lowest BCUT2D eigenvalue weighted by molar-refractivity contribution is 0.0991. The second-order valence-electron chi connectivity index (χ2n) is 2.53. The van der Waals surface area contributed by atoms with E-state index in [-0.39, 0.29) is 12.7 Å². The van der Waals surface area contributed by atoms with Crippen LogP contribution in [0, 0.1) is 0 Å². The molecule has 1 aliphatic heterocycles. The number of ether oxygens (including phenoxy) is 1. The molecule has 70 valence electrons. The number of allylic oxidation sites excluding steroid dienone is 1. The Balaban J connectivity index is 2.30. The first-order chi connectivity index (χ1) is 5.47. The van der Waals surface area contributed by atoms with E-state index in [1.165, 1.54) is 0 Å². The molecule has 1 N–H and O–H groups in total. The fraction of sp³-hybridized carbons (Fsp3) is 0.667. The Hall–Kier alpha value is -0.590. The van der Waals surface area contributed by atoms with Gasteiger partial charge in [-0.3, -0.25) is 4.55 Å². The maximum absolute atomic E-state index is 10.1. The van der Waals surface area contributed by atoms with E-state index >= 15 is 0 Å². The van der Waals surface area contributed by atoms with Gasteiger partial charge in [-0.2, -0.15) is 8.42 Å². The zero-order valence-corrected chi connectivity index (χ0v) is 7.21. The van der Waals surface area contributed by atoms with Crippen LogP contribution in [0.15, 0.2) is 12.3 Å². The average molecular weight is 194 g/mol. The molecule has 1 rings (SSSR count). The van der Waals surface area contributed by atoms with Gasteiger partial charge in [0, 0.05) is 6.42 Å². The van der Waals surface area contributed by atoms with Crippen LogP contribution in [0.4, 0.5) is 0 Å². The summed E-state index contributed by atoms with van der Waals surface area (Å²) in [7, 11) is -4.34. The van der Waals surface area contributed by atoms with E-state index in [2.05, 4.69) is 10.8 Å². The molecule has 0 bridgehead atoms. The molecular formula is C6H10O5S. The van der Waals surface area contributed by atoms with Crippen molar-refractivity contribution in [3.8, 4) is 0 Å². The third kappa shape index (κ3) is 3.21. The first-order valence-electron chi connectivity index (χ1n) is 3.43. The van der Waals surface area contributed by atoms with E-state index in [1.807, 2.05) is 0 Å². The summed E-state index contributed by atoms with van der Waals surface area (Å²) in [6.07, 6.45) is 1.08. The fourth-order valence-electron chi connectivity index (χ4n) is 0.955. The van der Waals surface area contributed by atoms with E-state index in [1.54, 1.807) is 0 Å². The molecule has 1 atom stereocenters. The molecule has 0 aliphatic carbocycles. The molecule has 5 nitrogen and oxygen atoms in total. The largest absolute Gasteiger partial charge is 0.493 e. The standard InChI is InChI=1S/C6H10O5S/c1-5-2-3-6(11-5)4-10-12(7,8)9/h6H,1-4H2,(H,7,8,9). The van der Waals surface area contributed by atoms with Crippen molar-refractivity contribution in [1.82, 2.24) is 0 Å². The van der Waals surface area contributed by atoms with Crippen LogP contribution in [0.3, 0.4) is 0 Å². The van der Waals surface area contributed by atoms with E-state index in [4.69, 9.17) is 9.29 Å². The molecule has 0 aromatic carbocycles. The van der Waals surface area contributed by atoms with Gasteiger partial charge in [-0.25, -0.2) is 4.18 Å². The monoisotopic (exact) mass is 194 g/mol. The molecule has 1 saturated heterocycles. The normalized spacial score (nSPS) is 24.1. The summed E-state index contributed by atoms with van der Waals surface area (Å²) in [5, 5.41) is 0. The molecule has 1 unspecified atom stereocenters. The van der Waals surface area contributed by atoms with Crippen molar-refractivity contribution in [1.29, 1.82) is 0 Å². The Morgan fingerprint density at radius 2 is 2.42 bits per heavy atom. The highest BCUT2D eigenvalue weighted by Crippen LogP contribution is 2.21. The minimum Gasteiger partial charge on any atom is -0.493 e. The lowest BCUT2D eigenvalue weighted by atomic mass is 10.2. The zero-order chi connectivity index (χ0) is 9.19. The summed E-state index contributed by atoms with van der Waals surface area (Å²) < 4.78 is 37.7. The maximum atomic E-state index is 10.1. The lowest BCUT2D eigenvalue weighted by Gasteiger charge is -2.08. The van der Waals surface area contributed by atoms with Gasteiger partial charge in [0.2, 0.25) is 0 Å². The summed E-state index contributed by atoms with van der Waals surface area (Å²) in [6.45, 7) is 3.40. The minimum atomic E-state index is -4.34. The number of rotatable bonds is 3. The van der Waals surface area contributed by atoms with Crippen molar-refractivity contribution in [2.75, 3.05) is 6.61 Å². The molecule has 1 aliphatic rings. The van der Waals surface area contributed by atoms with Gasteiger partial charge in [-0.15, -0.1) is 0 Å². The summed E-state index contributed by atoms with van der Waals surface area (Å²) >= 11 is 0. The highest BCUT2D eigenvalue weighted by atomic mass is 32.3. The van der Waals surface area contributed by atoms with Crippen LogP contribution in [0.25, 0.3) is 0 Å². The molecule has 0 aromatic rings. The topological polar surface area (TPSA) is 72.8 Å². The molecule has 0 aromatic heterocycles. The lowest BCUT2D eigenvalue weighted by Crippen LogP contribution is -2.17. The average Bonchev–Trinajstić information content (AvgIpc) is 2.30. The van der Waals surface area contributed by atoms with Gasteiger partial charge in [0.1, 0.15) is 12.7 Å². The van der Waals surface area contributed by atoms with Crippen molar-refractivity contribution < 1.29 is 21.9 Å². The summed E-state index contributed by atoms with van der Waals surface area (Å²) in [5.41, 5.74) is 0. The molecule has 0 amide bonds. The van der Waals surface area contributed by atoms with E-state index in [0.717, 1.165) is 0 Å². The van der Waals surface area contributed by atoms with Crippen LogP contribution in [0.2, 0.25) is 0 Å². The van der Waals surface area contributed by atoms with Gasteiger partial charge < -0.3 is 4.74 Å². The van der Waals surface area contributed by atoms with Crippen LogP contribution in [0.5, 0.6) is 0 Å². The van der Waals surface area contributed by atoms with Crippen LogP contribution in [0.1, 0.15) is 12.8 Å². The molecule has 0 radical (unpaired) electrons. The minimum absolute atomic E-state index is 0.155. The molecule has 1 fully saturated rings. The van der Waals surface area contributed by atoms with Crippen molar-refractivity contribution in [3.05, 3.63) is 12.3 Å². The molecule has 0 saturated carbocycles. The van der Waals surface area contributed by atoms with Crippen LogP contribution < -0.4 is 0 Å². The summed E-state index contributed by atoms with van der Waals surface area (Å²) in [4.78, 5) is 0. The molecule has 0 spiro atoms. The number of hydrogen-bond donors (Lipinski definition) is 1. The Morgan fingerprint density at radius 3 is 2.83 bits per heavy atom. The van der Waals surface area contributed by atoms with Crippen molar-refractivity contribution in [3.63, 3.8) is 0 Å². The van der Waals surface area contributed by atoms with Gasteiger partial charge in [0.15, 0.2) is 0 Å². The SMILES string of the molecule is C=C1CCC(COS(=O)(=O)O)O1. The highest BCUT2D eigenvalue weighted by molar-refractivity contribution is 7.80. The van der Waals surface area contributed by atoms with Crippen molar-refractivity contribution in [2.24, 2.45) is 0 Å². The van der Waals surface area contributed by atoms with E-state index in [9.17, 15) is 8.42 Å². The highest BCUT2D eigenvalue weighted by Gasteiger charge is 2.21. The Labute approximate surface area is 70.9 Å². The summed E-state index contributed by atoms with van der Waals surface area (Å²) in [6, 6.07) is 0. The first kappa shape index (κ1) is 9.50. The van der Waals surface area contributed by atoms with Crippen molar-refractivity contribution in [2.45, 2.75) is 18.9 Å². The zero-order valence-electron chi connectivity index (χ0n) is 6.39. The maximum Gasteiger partial charge on any atom is 0.397 e. The molecule has 6 heteroatoms. The van der Waals surface area contributed by atoms with E-state index in [0.29, 0.717) is 18.6 Å². The second-order valence-corrected chi connectivity index (χ2v) is 3.62. The van der Waals surface area contributed by atoms with Crippen molar-refractivity contribution >= 4 is 10.4 Å². The fourth-order valence-corrected chi connectivity index (χ4v) is 1.28. The third-order valence-corrected chi connectivity index (χ3v) is 1.92. The predicted molar refractivity (Wildman–Crippen MR) is 40.7 cm³/mol. The van der Waals surface area contributed by atoms with Crippen LogP contribution >= 0.6 is 0 Å². The summed E-state index contributed by atoms with van der Waals surface area (Å²) in [5.74, 6) is 0.624. The number of hydrogen-bond acceptors (Lipinski definition) is 4. The van der Waals surface area contributed by atoms with Gasteiger partial charge in [-0.05, 0) is 6.42 Å². The molecular weight excluding hydrogens is 184 g/mol. The predicted octanol–water partition coefficient (Wildman–Crippen LogP) is 0.498. The van der Waals surface area contributed by atoms with E-state index < -0.39 is 10.4 Å². The smallest absolute Gasteiger partial charge is 0.397 e. The van der Waals surface area contributed by atoms with Gasteiger partial charge in [-0.1, -0.05) is 6.58 Å². The Kier molecular flexibility index (Phi) is 2.71. The van der Waals surface area contributed by atoms with Gasteiger partial charge >= 0.3 is 10.4 Å². The molecule has 1 heterocycles. The Bertz CT molecular complexity index is 268. The first-order valence-corrected chi connectivity index (χ1v) is 4.80. The Morgan fingerprint density at radius 1 is 1.75 bits per heavy atom. The van der Waals surface area contributed by atoms with Gasteiger partial charge in [0.05, 0.1) is 5.76 Å². The van der Waals surface area contributed by atoms with Gasteiger partial charge in [0.25, 0.3) is 0 Å². The van der Waals surface area contributed by atoms with Crippen LogP contribution in [-0.4, -0.2) is 25.7 Å². The quantitative estimate of drug-likeness (QED) is 0.662. The second kappa shape index (κ2) is 3.42. The molecule has 12 heavy (non-hydrogen) atoms. The van der Waals surface area contributed by atoms with Crippen LogP contribution in [-0.2, 0) is 19.3 Å².